The number of benzene rings is 2. The van der Waals surface area contributed by atoms with E-state index in [0.29, 0.717) is 42.0 Å². The van der Waals surface area contributed by atoms with Gasteiger partial charge < -0.3 is 15.8 Å². The Kier molecular flexibility index (Phi) is 7.61. The number of nitrogens with zero attached hydrogens (tertiary/aromatic N) is 4. The topological polar surface area (TPSA) is 109 Å². The lowest BCUT2D eigenvalue weighted by molar-refractivity contribution is 0.0788. The molecule has 0 bridgehead atoms. The minimum absolute atomic E-state index is 0.0351. The number of carbonyl (C=O) groups is 1. The van der Waals surface area contributed by atoms with Gasteiger partial charge in [0.2, 0.25) is 0 Å². The van der Waals surface area contributed by atoms with E-state index in [0.717, 1.165) is 17.7 Å². The molecule has 2 heterocycles. The van der Waals surface area contributed by atoms with Crippen molar-refractivity contribution in [1.82, 2.24) is 15.1 Å². The molecule has 0 saturated carbocycles. The van der Waals surface area contributed by atoms with Crippen molar-refractivity contribution in [2.24, 2.45) is 0 Å². The molecule has 4 rings (SSSR count). The van der Waals surface area contributed by atoms with Gasteiger partial charge in [-0.25, -0.2) is 18.3 Å². The summed E-state index contributed by atoms with van der Waals surface area (Å²) in [5.74, 6) is -0.870. The van der Waals surface area contributed by atoms with Gasteiger partial charge in [-0.3, -0.25) is 4.90 Å². The maximum Gasteiger partial charge on any atom is 0.322 e. The molecule has 0 spiro atoms. The van der Waals surface area contributed by atoms with Crippen molar-refractivity contribution in [3.05, 3.63) is 64.9 Å². The highest BCUT2D eigenvalue weighted by Gasteiger charge is 2.27. The van der Waals surface area contributed by atoms with Crippen LogP contribution in [-0.4, -0.2) is 37.0 Å². The normalized spacial score (nSPS) is 12.9. The zero-order chi connectivity index (χ0) is 26.7. The molecule has 11 heteroatoms. The van der Waals surface area contributed by atoms with E-state index in [1.54, 1.807) is 16.9 Å². The van der Waals surface area contributed by atoms with Crippen molar-refractivity contribution in [2.75, 3.05) is 23.8 Å². The summed E-state index contributed by atoms with van der Waals surface area (Å²) in [7, 11) is -1.20. The molecule has 194 valence electrons. The SMILES string of the molecule is C[Si](C)(C)CCOCn1cc(-c2cc3c(cc2F)N(C(=O)NCc2cc(F)cc(C#N)c2)CC3)c(N)n1. The molecule has 37 heavy (non-hydrogen) atoms. The number of halogens is 2. The first kappa shape index (κ1) is 26.3. The van der Waals surface area contributed by atoms with E-state index in [2.05, 4.69) is 30.1 Å². The summed E-state index contributed by atoms with van der Waals surface area (Å²) >= 11 is 0. The monoisotopic (exact) mass is 524 g/mol. The highest BCUT2D eigenvalue weighted by atomic mass is 28.3. The van der Waals surface area contributed by atoms with E-state index in [4.69, 9.17) is 15.7 Å². The lowest BCUT2D eigenvalue weighted by atomic mass is 10.0. The minimum Gasteiger partial charge on any atom is -0.382 e. The summed E-state index contributed by atoms with van der Waals surface area (Å²) in [6, 6.07) is 9.41. The standard InChI is InChI=1S/C26H30F2N6O2Si/c1-37(2,3)7-6-36-16-33-15-22(25(30)32-33)21-11-19-4-5-34(24(19)12-23(21)28)26(35)31-14-18-8-17(13-29)9-20(27)10-18/h8-12,15H,4-7,14,16H2,1-3H3,(H2,30,32)(H,31,35). The third-order valence-electron chi connectivity index (χ3n) is 6.14. The Balaban J connectivity index is 1.45. The average Bonchev–Trinajstić information content (AvgIpc) is 3.41. The second-order valence-corrected chi connectivity index (χ2v) is 15.9. The molecule has 1 aromatic heterocycles. The van der Waals surface area contributed by atoms with Crippen molar-refractivity contribution in [2.45, 2.75) is 45.4 Å². The highest BCUT2D eigenvalue weighted by Crippen LogP contribution is 2.36. The molecule has 8 nitrogen and oxygen atoms in total. The fourth-order valence-corrected chi connectivity index (χ4v) is 4.92. The Morgan fingerprint density at radius 1 is 1.22 bits per heavy atom. The molecule has 3 aromatic rings. The van der Waals surface area contributed by atoms with E-state index in [-0.39, 0.29) is 24.7 Å². The highest BCUT2D eigenvalue weighted by molar-refractivity contribution is 6.76. The second kappa shape index (κ2) is 10.7. The molecular formula is C26H30F2N6O2Si. The number of nitrogens with one attached hydrogen (secondary N) is 1. The lowest BCUT2D eigenvalue weighted by Gasteiger charge is -2.19. The minimum atomic E-state index is -1.20. The number of urea groups is 1. The van der Waals surface area contributed by atoms with Gasteiger partial charge in [-0.15, -0.1) is 0 Å². The molecule has 0 saturated heterocycles. The molecule has 0 fully saturated rings. The Morgan fingerprint density at radius 2 is 2.00 bits per heavy atom. The van der Waals surface area contributed by atoms with E-state index in [9.17, 15) is 9.18 Å². The third-order valence-corrected chi connectivity index (χ3v) is 7.84. The number of hydrogen-bond donors (Lipinski definition) is 2. The van der Waals surface area contributed by atoms with Crippen LogP contribution in [-0.2, 0) is 24.4 Å². The summed E-state index contributed by atoms with van der Waals surface area (Å²) < 4.78 is 36.2. The molecule has 3 N–H and O–H groups in total. The summed E-state index contributed by atoms with van der Waals surface area (Å²) in [5, 5.41) is 16.0. The van der Waals surface area contributed by atoms with Crippen molar-refractivity contribution in [3.8, 4) is 17.2 Å². The maximum absolute atomic E-state index is 15.2. The number of hydrogen-bond acceptors (Lipinski definition) is 5. The van der Waals surface area contributed by atoms with Crippen LogP contribution in [0.3, 0.4) is 0 Å². The van der Waals surface area contributed by atoms with E-state index < -0.39 is 25.7 Å². The number of carbonyl (C=O) groups excluding carboxylic acids is 1. The van der Waals surface area contributed by atoms with Gasteiger partial charge in [0.1, 0.15) is 18.4 Å². The van der Waals surface area contributed by atoms with Crippen LogP contribution >= 0.6 is 0 Å². The maximum atomic E-state index is 15.2. The third kappa shape index (κ3) is 6.33. The van der Waals surface area contributed by atoms with Crippen LogP contribution in [0.15, 0.2) is 36.5 Å². The Bertz CT molecular complexity index is 1360. The zero-order valence-electron chi connectivity index (χ0n) is 21.1. The van der Waals surface area contributed by atoms with Gasteiger partial charge in [0.25, 0.3) is 0 Å². The Hall–Kier alpha value is -3.75. The van der Waals surface area contributed by atoms with Crippen LogP contribution in [0, 0.1) is 23.0 Å². The van der Waals surface area contributed by atoms with Gasteiger partial charge in [0, 0.05) is 45.1 Å². The number of fused-ring (bicyclic) bond motifs is 1. The Labute approximate surface area is 215 Å². The predicted octanol–water partition coefficient (Wildman–Crippen LogP) is 4.87. The molecule has 0 aliphatic carbocycles. The van der Waals surface area contributed by atoms with Crippen molar-refractivity contribution in [1.29, 1.82) is 5.26 Å². The van der Waals surface area contributed by atoms with Crippen molar-refractivity contribution >= 4 is 25.6 Å². The fourth-order valence-electron chi connectivity index (χ4n) is 4.17. The summed E-state index contributed by atoms with van der Waals surface area (Å²) in [6.45, 7) is 8.10. The molecular weight excluding hydrogens is 494 g/mol. The first-order valence-electron chi connectivity index (χ1n) is 12.0. The van der Waals surface area contributed by atoms with Gasteiger partial charge in [0.15, 0.2) is 5.82 Å². The van der Waals surface area contributed by atoms with E-state index in [1.807, 2.05) is 6.07 Å². The number of amides is 2. The molecule has 0 unspecified atom stereocenters. The number of aromatic nitrogens is 2. The van der Waals surface area contributed by atoms with Crippen molar-refractivity contribution in [3.63, 3.8) is 0 Å². The number of ether oxygens (including phenoxy) is 1. The second-order valence-electron chi connectivity index (χ2n) is 10.3. The average molecular weight is 525 g/mol. The zero-order valence-corrected chi connectivity index (χ0v) is 22.1. The van der Waals surface area contributed by atoms with Gasteiger partial charge in [-0.2, -0.15) is 10.4 Å². The molecule has 0 atom stereocenters. The Morgan fingerprint density at radius 3 is 2.73 bits per heavy atom. The van der Waals surface area contributed by atoms with Crippen LogP contribution in [0.4, 0.5) is 25.1 Å². The molecule has 0 radical (unpaired) electrons. The van der Waals surface area contributed by atoms with Crippen LogP contribution in [0.1, 0.15) is 16.7 Å². The molecule has 1 aliphatic rings. The summed E-state index contributed by atoms with van der Waals surface area (Å²) in [6.07, 6.45) is 2.21. The van der Waals surface area contributed by atoms with Gasteiger partial charge in [-0.1, -0.05) is 19.6 Å². The summed E-state index contributed by atoms with van der Waals surface area (Å²) in [5.41, 5.74) is 8.79. The number of nitriles is 1. The van der Waals surface area contributed by atoms with Crippen LogP contribution in [0.25, 0.3) is 11.1 Å². The van der Waals surface area contributed by atoms with E-state index in [1.165, 1.54) is 23.1 Å². The van der Waals surface area contributed by atoms with Crippen LogP contribution in [0.5, 0.6) is 0 Å². The van der Waals surface area contributed by atoms with Gasteiger partial charge in [0.05, 0.1) is 17.3 Å². The van der Waals surface area contributed by atoms with Crippen LogP contribution < -0.4 is 16.0 Å². The first-order valence-corrected chi connectivity index (χ1v) is 15.7. The van der Waals surface area contributed by atoms with Crippen LogP contribution in [0.2, 0.25) is 25.7 Å². The van der Waals surface area contributed by atoms with Gasteiger partial charge in [-0.05, 0) is 53.9 Å². The summed E-state index contributed by atoms with van der Waals surface area (Å²) in [4.78, 5) is 14.3. The predicted molar refractivity (Wildman–Crippen MR) is 141 cm³/mol. The van der Waals surface area contributed by atoms with Gasteiger partial charge >= 0.3 is 6.03 Å². The van der Waals surface area contributed by atoms with E-state index >= 15 is 4.39 Å². The van der Waals surface area contributed by atoms with Crippen molar-refractivity contribution < 1.29 is 18.3 Å². The lowest BCUT2D eigenvalue weighted by Crippen LogP contribution is -2.38. The number of nitrogen functional groups attached to an aromatic ring is 1. The first-order chi connectivity index (χ1) is 17.5. The number of rotatable bonds is 8. The molecule has 2 aromatic carbocycles. The number of anilines is 2. The molecule has 1 aliphatic heterocycles. The number of nitrogens with two attached hydrogens (primary N) is 1. The fraction of sp³-hybridized carbons (Fsp3) is 0.346. The quantitative estimate of drug-likeness (QED) is 0.323. The molecule has 2 amide bonds. The smallest absolute Gasteiger partial charge is 0.322 e. The largest absolute Gasteiger partial charge is 0.382 e.